The second-order valence-electron chi connectivity index (χ2n) is 11.2. The Balaban J connectivity index is 1.35. The molecule has 0 aliphatic carbocycles. The van der Waals surface area contributed by atoms with Crippen molar-refractivity contribution in [3.63, 3.8) is 0 Å². The molecule has 8 aromatic carbocycles. The van der Waals surface area contributed by atoms with Crippen LogP contribution in [0.1, 0.15) is 0 Å². The molecule has 0 spiro atoms. The summed E-state index contributed by atoms with van der Waals surface area (Å²) in [6.45, 7) is 0. The highest BCUT2D eigenvalue weighted by Gasteiger charge is 2.20. The van der Waals surface area contributed by atoms with Gasteiger partial charge in [0, 0.05) is 22.0 Å². The number of imidazole rings is 1. The zero-order valence-electron chi connectivity index (χ0n) is 23.4. The van der Waals surface area contributed by atoms with Gasteiger partial charge in [0.2, 0.25) is 0 Å². The zero-order valence-corrected chi connectivity index (χ0v) is 23.4. The molecule has 0 fully saturated rings. The van der Waals surface area contributed by atoms with Gasteiger partial charge in [-0.15, -0.1) is 0 Å². The standard InChI is InChI=1S/C41H26N2/c1-2-12-28(13-3-1)41-42-39-36-20-10-8-18-34(36)35-19-9-11-21-37(35)40(39)43(41)31-24-22-27(23-25-31)38-32-16-6-4-14-29(32)26-30-15-5-7-17-33(30)38/h1-26H. The first kappa shape index (κ1) is 23.9. The molecule has 43 heavy (non-hydrogen) atoms. The Morgan fingerprint density at radius 1 is 0.395 bits per heavy atom. The van der Waals surface area contributed by atoms with Gasteiger partial charge in [-0.3, -0.25) is 4.57 Å². The third kappa shape index (κ3) is 3.63. The van der Waals surface area contributed by atoms with Crippen molar-refractivity contribution < 1.29 is 0 Å². The lowest BCUT2D eigenvalue weighted by molar-refractivity contribution is 1.11. The Kier molecular flexibility index (Phi) is 5.23. The van der Waals surface area contributed by atoms with Gasteiger partial charge in [0.1, 0.15) is 5.82 Å². The lowest BCUT2D eigenvalue weighted by atomic mass is 9.92. The molecule has 0 saturated heterocycles. The number of nitrogens with zero attached hydrogens (tertiary/aromatic N) is 2. The molecule has 0 aliphatic heterocycles. The fraction of sp³-hybridized carbons (Fsp3) is 0. The summed E-state index contributed by atoms with van der Waals surface area (Å²) in [5.74, 6) is 0.945. The number of benzene rings is 8. The van der Waals surface area contributed by atoms with E-state index in [1.54, 1.807) is 0 Å². The maximum Gasteiger partial charge on any atom is 0.145 e. The maximum absolute atomic E-state index is 5.36. The lowest BCUT2D eigenvalue weighted by Gasteiger charge is -2.15. The van der Waals surface area contributed by atoms with Gasteiger partial charge in [-0.1, -0.05) is 140 Å². The van der Waals surface area contributed by atoms with Crippen LogP contribution >= 0.6 is 0 Å². The summed E-state index contributed by atoms with van der Waals surface area (Å²) < 4.78 is 2.35. The van der Waals surface area contributed by atoms with Crippen LogP contribution in [0.25, 0.3) is 82.3 Å². The van der Waals surface area contributed by atoms with E-state index in [9.17, 15) is 0 Å². The van der Waals surface area contributed by atoms with Crippen LogP contribution in [0.4, 0.5) is 0 Å². The second kappa shape index (κ2) is 9.40. The maximum atomic E-state index is 5.36. The molecule has 2 nitrogen and oxygen atoms in total. The van der Waals surface area contributed by atoms with E-state index >= 15 is 0 Å². The van der Waals surface area contributed by atoms with E-state index in [0.29, 0.717) is 0 Å². The van der Waals surface area contributed by atoms with E-state index in [-0.39, 0.29) is 0 Å². The quantitative estimate of drug-likeness (QED) is 0.159. The Morgan fingerprint density at radius 3 is 1.56 bits per heavy atom. The second-order valence-corrected chi connectivity index (χ2v) is 11.2. The minimum atomic E-state index is 0.945. The molecule has 0 radical (unpaired) electrons. The van der Waals surface area contributed by atoms with E-state index in [2.05, 4.69) is 162 Å². The molecule has 0 N–H and O–H groups in total. The van der Waals surface area contributed by atoms with Crippen molar-refractivity contribution in [1.29, 1.82) is 0 Å². The highest BCUT2D eigenvalue weighted by molar-refractivity contribution is 6.24. The third-order valence-electron chi connectivity index (χ3n) is 8.75. The van der Waals surface area contributed by atoms with E-state index < -0.39 is 0 Å². The minimum Gasteiger partial charge on any atom is -0.292 e. The van der Waals surface area contributed by atoms with Crippen LogP contribution in [-0.2, 0) is 0 Å². The average Bonchev–Trinajstić information content (AvgIpc) is 3.49. The molecule has 1 heterocycles. The van der Waals surface area contributed by atoms with E-state index in [0.717, 1.165) is 28.1 Å². The molecule has 2 heteroatoms. The van der Waals surface area contributed by atoms with E-state index in [1.807, 2.05) is 0 Å². The predicted octanol–water partition coefficient (Wildman–Crippen LogP) is 11.0. The predicted molar refractivity (Wildman–Crippen MR) is 182 cm³/mol. The molecule has 0 atom stereocenters. The molecule has 9 rings (SSSR count). The van der Waals surface area contributed by atoms with Crippen LogP contribution in [0, 0.1) is 0 Å². The summed E-state index contributed by atoms with van der Waals surface area (Å²) in [5, 5.41) is 9.89. The molecular formula is C41H26N2. The van der Waals surface area contributed by atoms with Crippen LogP contribution in [0.2, 0.25) is 0 Å². The summed E-state index contributed by atoms with van der Waals surface area (Å²) >= 11 is 0. The van der Waals surface area contributed by atoms with Gasteiger partial charge in [-0.25, -0.2) is 4.98 Å². The Morgan fingerprint density at radius 2 is 0.907 bits per heavy atom. The average molecular weight is 547 g/mol. The number of hydrogen-bond acceptors (Lipinski definition) is 1. The van der Waals surface area contributed by atoms with Gasteiger partial charge in [0.15, 0.2) is 0 Å². The molecule has 9 aromatic rings. The first-order valence-corrected chi connectivity index (χ1v) is 14.7. The number of fused-ring (bicyclic) bond motifs is 8. The van der Waals surface area contributed by atoms with Gasteiger partial charge in [-0.2, -0.15) is 0 Å². The van der Waals surface area contributed by atoms with Crippen molar-refractivity contribution in [2.75, 3.05) is 0 Å². The van der Waals surface area contributed by atoms with Crippen LogP contribution in [-0.4, -0.2) is 9.55 Å². The molecule has 0 bridgehead atoms. The third-order valence-corrected chi connectivity index (χ3v) is 8.75. The smallest absolute Gasteiger partial charge is 0.145 e. The zero-order chi connectivity index (χ0) is 28.3. The van der Waals surface area contributed by atoms with Gasteiger partial charge in [0.25, 0.3) is 0 Å². The first-order chi connectivity index (χ1) is 21.3. The normalized spacial score (nSPS) is 11.7. The Bertz CT molecular complexity index is 2430. The van der Waals surface area contributed by atoms with Gasteiger partial charge in [-0.05, 0) is 61.6 Å². The van der Waals surface area contributed by atoms with Crippen LogP contribution in [0.15, 0.2) is 158 Å². The van der Waals surface area contributed by atoms with Gasteiger partial charge >= 0.3 is 0 Å². The molecule has 200 valence electrons. The molecule has 0 amide bonds. The van der Waals surface area contributed by atoms with Crippen LogP contribution in [0.3, 0.4) is 0 Å². The monoisotopic (exact) mass is 546 g/mol. The summed E-state index contributed by atoms with van der Waals surface area (Å²) in [4.78, 5) is 5.36. The lowest BCUT2D eigenvalue weighted by Crippen LogP contribution is -1.98. The van der Waals surface area contributed by atoms with Crippen molar-refractivity contribution in [3.8, 4) is 28.2 Å². The van der Waals surface area contributed by atoms with Crippen molar-refractivity contribution in [1.82, 2.24) is 9.55 Å². The molecule has 0 saturated carbocycles. The highest BCUT2D eigenvalue weighted by atomic mass is 15.1. The van der Waals surface area contributed by atoms with Crippen molar-refractivity contribution in [2.45, 2.75) is 0 Å². The van der Waals surface area contributed by atoms with E-state index in [4.69, 9.17) is 4.98 Å². The van der Waals surface area contributed by atoms with Gasteiger partial charge in [0.05, 0.1) is 11.0 Å². The van der Waals surface area contributed by atoms with Gasteiger partial charge < -0.3 is 0 Å². The van der Waals surface area contributed by atoms with Crippen molar-refractivity contribution in [2.24, 2.45) is 0 Å². The number of rotatable bonds is 3. The number of aromatic nitrogens is 2. The number of hydrogen-bond donors (Lipinski definition) is 0. The van der Waals surface area contributed by atoms with Crippen molar-refractivity contribution in [3.05, 3.63) is 158 Å². The summed E-state index contributed by atoms with van der Waals surface area (Å²) in [6, 6.07) is 56.6. The molecule has 1 aromatic heterocycles. The summed E-state index contributed by atoms with van der Waals surface area (Å²) in [5.41, 5.74) is 6.83. The molecule has 0 unspecified atom stereocenters. The summed E-state index contributed by atoms with van der Waals surface area (Å²) in [6.07, 6.45) is 0. The largest absolute Gasteiger partial charge is 0.292 e. The molecule has 0 aliphatic rings. The summed E-state index contributed by atoms with van der Waals surface area (Å²) in [7, 11) is 0. The Hall–Kier alpha value is -5.73. The van der Waals surface area contributed by atoms with Crippen LogP contribution < -0.4 is 0 Å². The first-order valence-electron chi connectivity index (χ1n) is 14.7. The molecular weight excluding hydrogens is 520 g/mol. The topological polar surface area (TPSA) is 17.8 Å². The minimum absolute atomic E-state index is 0.945. The highest BCUT2D eigenvalue weighted by Crippen LogP contribution is 2.40. The van der Waals surface area contributed by atoms with Crippen molar-refractivity contribution >= 4 is 54.1 Å². The fourth-order valence-electron chi connectivity index (χ4n) is 6.84. The fourth-order valence-corrected chi connectivity index (χ4v) is 6.84. The Labute approximate surface area is 249 Å². The SMILES string of the molecule is c1ccc(-c2nc3c4ccccc4c4ccccc4c3n2-c2ccc(-c3c4ccccc4cc4ccccc34)cc2)cc1. The van der Waals surface area contributed by atoms with Crippen LogP contribution in [0.5, 0.6) is 0 Å². The van der Waals surface area contributed by atoms with E-state index in [1.165, 1.54) is 54.2 Å².